The second kappa shape index (κ2) is 7.76. The van der Waals surface area contributed by atoms with E-state index >= 15 is 0 Å². The summed E-state index contributed by atoms with van der Waals surface area (Å²) < 4.78 is 19.3. The number of ether oxygens (including phenoxy) is 1. The van der Waals surface area contributed by atoms with Gasteiger partial charge in [0.25, 0.3) is 5.91 Å². The summed E-state index contributed by atoms with van der Waals surface area (Å²) in [5.41, 5.74) is -0.0338. The van der Waals surface area contributed by atoms with Crippen molar-refractivity contribution in [1.82, 2.24) is 5.32 Å². The van der Waals surface area contributed by atoms with Crippen LogP contribution in [0.5, 0.6) is 0 Å². The topological polar surface area (TPSA) is 38.3 Å². The van der Waals surface area contributed by atoms with Gasteiger partial charge in [0.15, 0.2) is 0 Å². The zero-order valence-electron chi connectivity index (χ0n) is 12.2. The molecule has 0 heterocycles. The summed E-state index contributed by atoms with van der Waals surface area (Å²) in [5.74, 6) is -0.464. The SMILES string of the molecule is C[C@H]1CCCC[C@H]1OCCNC(=O)c1cc(Cl)ccc1F. The van der Waals surface area contributed by atoms with Gasteiger partial charge in [-0.25, -0.2) is 4.39 Å². The van der Waals surface area contributed by atoms with Gasteiger partial charge in [0.2, 0.25) is 0 Å². The fourth-order valence-corrected chi connectivity index (χ4v) is 2.84. The molecule has 0 spiro atoms. The van der Waals surface area contributed by atoms with E-state index in [1.54, 1.807) is 0 Å². The van der Waals surface area contributed by atoms with Crippen LogP contribution in [0.25, 0.3) is 0 Å². The van der Waals surface area contributed by atoms with Crippen LogP contribution >= 0.6 is 11.6 Å². The van der Waals surface area contributed by atoms with Gasteiger partial charge in [-0.05, 0) is 37.0 Å². The van der Waals surface area contributed by atoms with E-state index in [1.165, 1.54) is 37.5 Å². The highest BCUT2D eigenvalue weighted by molar-refractivity contribution is 6.30. The number of nitrogens with one attached hydrogen (secondary N) is 1. The summed E-state index contributed by atoms with van der Waals surface area (Å²) >= 11 is 5.77. The number of carbonyl (C=O) groups excluding carboxylic acids is 1. The Morgan fingerprint density at radius 2 is 2.19 bits per heavy atom. The molecule has 21 heavy (non-hydrogen) atoms. The molecule has 1 fully saturated rings. The molecule has 2 atom stereocenters. The molecule has 0 aromatic heterocycles. The molecular weight excluding hydrogens is 293 g/mol. The summed E-state index contributed by atoms with van der Waals surface area (Å²) in [6, 6.07) is 3.94. The third kappa shape index (κ3) is 4.68. The molecule has 0 unspecified atom stereocenters. The largest absolute Gasteiger partial charge is 0.376 e. The van der Waals surface area contributed by atoms with Gasteiger partial charge in [0.05, 0.1) is 18.3 Å². The Bertz CT molecular complexity index is 495. The van der Waals surface area contributed by atoms with E-state index in [1.807, 2.05) is 0 Å². The lowest BCUT2D eigenvalue weighted by molar-refractivity contribution is -0.00295. The van der Waals surface area contributed by atoms with Crippen molar-refractivity contribution in [3.63, 3.8) is 0 Å². The number of carbonyl (C=O) groups is 1. The first kappa shape index (κ1) is 16.2. The quantitative estimate of drug-likeness (QED) is 0.840. The highest BCUT2D eigenvalue weighted by atomic mass is 35.5. The fourth-order valence-electron chi connectivity index (χ4n) is 2.67. The van der Waals surface area contributed by atoms with E-state index in [2.05, 4.69) is 12.2 Å². The maximum absolute atomic E-state index is 13.5. The summed E-state index contributed by atoms with van der Waals surface area (Å²) in [7, 11) is 0. The van der Waals surface area contributed by atoms with E-state index in [0.717, 1.165) is 6.42 Å². The molecule has 0 radical (unpaired) electrons. The van der Waals surface area contributed by atoms with Crippen LogP contribution < -0.4 is 5.32 Å². The first-order chi connectivity index (χ1) is 10.1. The highest BCUT2D eigenvalue weighted by Crippen LogP contribution is 2.26. The average molecular weight is 314 g/mol. The van der Waals surface area contributed by atoms with Gasteiger partial charge in [0, 0.05) is 11.6 Å². The molecule has 1 aliphatic carbocycles. The standard InChI is InChI=1S/C16H21ClFNO2/c1-11-4-2-3-5-15(11)21-9-8-19-16(20)13-10-12(17)6-7-14(13)18/h6-7,10-11,15H,2-5,8-9H2,1H3,(H,19,20)/t11-,15+/m0/s1. The molecule has 0 bridgehead atoms. The van der Waals surface area contributed by atoms with Crippen LogP contribution in [0.4, 0.5) is 4.39 Å². The van der Waals surface area contributed by atoms with Crippen molar-refractivity contribution in [2.24, 2.45) is 5.92 Å². The van der Waals surface area contributed by atoms with Gasteiger partial charge < -0.3 is 10.1 Å². The molecule has 116 valence electrons. The minimum absolute atomic E-state index is 0.0338. The van der Waals surface area contributed by atoms with Crippen molar-refractivity contribution >= 4 is 17.5 Å². The number of benzene rings is 1. The lowest BCUT2D eigenvalue weighted by atomic mass is 9.88. The van der Waals surface area contributed by atoms with Crippen molar-refractivity contribution in [2.75, 3.05) is 13.2 Å². The second-order valence-electron chi connectivity index (χ2n) is 5.55. The maximum Gasteiger partial charge on any atom is 0.254 e. The van der Waals surface area contributed by atoms with Crippen LogP contribution in [-0.4, -0.2) is 25.2 Å². The predicted octanol–water partition coefficient (Wildman–Crippen LogP) is 3.80. The van der Waals surface area contributed by atoms with E-state index < -0.39 is 11.7 Å². The molecule has 1 N–H and O–H groups in total. The monoisotopic (exact) mass is 313 g/mol. The second-order valence-corrected chi connectivity index (χ2v) is 5.99. The number of hydrogen-bond acceptors (Lipinski definition) is 2. The first-order valence-electron chi connectivity index (χ1n) is 7.43. The van der Waals surface area contributed by atoms with Gasteiger partial charge in [-0.3, -0.25) is 4.79 Å². The van der Waals surface area contributed by atoms with Crippen molar-refractivity contribution in [1.29, 1.82) is 0 Å². The Hall–Kier alpha value is -1.13. The van der Waals surface area contributed by atoms with E-state index in [0.29, 0.717) is 24.1 Å². The Morgan fingerprint density at radius 3 is 2.95 bits per heavy atom. The Kier molecular flexibility index (Phi) is 6.00. The zero-order chi connectivity index (χ0) is 15.2. The molecule has 1 aliphatic rings. The molecule has 0 saturated heterocycles. The van der Waals surface area contributed by atoms with Gasteiger partial charge in [-0.2, -0.15) is 0 Å². The fraction of sp³-hybridized carbons (Fsp3) is 0.562. The minimum atomic E-state index is -0.571. The first-order valence-corrected chi connectivity index (χ1v) is 7.80. The normalized spacial score (nSPS) is 22.0. The van der Waals surface area contributed by atoms with Gasteiger partial charge >= 0.3 is 0 Å². The van der Waals surface area contributed by atoms with Crippen LogP contribution in [0.15, 0.2) is 18.2 Å². The van der Waals surface area contributed by atoms with E-state index in [-0.39, 0.29) is 11.7 Å². The Balaban J connectivity index is 1.75. The third-order valence-corrected chi connectivity index (χ3v) is 4.16. The zero-order valence-corrected chi connectivity index (χ0v) is 13.0. The van der Waals surface area contributed by atoms with Crippen molar-refractivity contribution in [3.05, 3.63) is 34.6 Å². The summed E-state index contributed by atoms with van der Waals surface area (Å²) in [5, 5.41) is 3.00. The van der Waals surface area contributed by atoms with Gasteiger partial charge in [-0.1, -0.05) is 31.4 Å². The molecule has 2 rings (SSSR count). The molecule has 1 aromatic rings. The predicted molar refractivity (Wildman–Crippen MR) is 81.1 cm³/mol. The summed E-state index contributed by atoms with van der Waals surface area (Å²) in [6.07, 6.45) is 5.03. The molecule has 1 saturated carbocycles. The van der Waals surface area contributed by atoms with Crippen molar-refractivity contribution in [3.8, 4) is 0 Å². The average Bonchev–Trinajstić information content (AvgIpc) is 2.47. The van der Waals surface area contributed by atoms with Crippen molar-refractivity contribution < 1.29 is 13.9 Å². The molecule has 1 amide bonds. The molecular formula is C16H21ClFNO2. The molecule has 3 nitrogen and oxygen atoms in total. The van der Waals surface area contributed by atoms with E-state index in [4.69, 9.17) is 16.3 Å². The molecule has 1 aromatic carbocycles. The number of rotatable bonds is 5. The lowest BCUT2D eigenvalue weighted by Gasteiger charge is -2.28. The van der Waals surface area contributed by atoms with Crippen LogP contribution in [0.2, 0.25) is 5.02 Å². The maximum atomic E-state index is 13.5. The Morgan fingerprint density at radius 1 is 1.43 bits per heavy atom. The van der Waals surface area contributed by atoms with Crippen LogP contribution in [0, 0.1) is 11.7 Å². The molecule has 0 aliphatic heterocycles. The van der Waals surface area contributed by atoms with Crippen LogP contribution in [0.1, 0.15) is 43.0 Å². The molecule has 5 heteroatoms. The number of amides is 1. The Labute approximate surface area is 129 Å². The number of halogens is 2. The number of hydrogen-bond donors (Lipinski definition) is 1. The van der Waals surface area contributed by atoms with Crippen molar-refractivity contribution in [2.45, 2.75) is 38.7 Å². The summed E-state index contributed by atoms with van der Waals surface area (Å²) in [6.45, 7) is 3.01. The van der Waals surface area contributed by atoms with E-state index in [9.17, 15) is 9.18 Å². The van der Waals surface area contributed by atoms with Crippen LogP contribution in [0.3, 0.4) is 0 Å². The van der Waals surface area contributed by atoms with Gasteiger partial charge in [-0.15, -0.1) is 0 Å². The van der Waals surface area contributed by atoms with Crippen LogP contribution in [-0.2, 0) is 4.74 Å². The third-order valence-electron chi connectivity index (χ3n) is 3.93. The summed E-state index contributed by atoms with van der Waals surface area (Å²) in [4.78, 5) is 11.9. The smallest absolute Gasteiger partial charge is 0.254 e. The van der Waals surface area contributed by atoms with Gasteiger partial charge in [0.1, 0.15) is 5.82 Å². The lowest BCUT2D eigenvalue weighted by Crippen LogP contribution is -2.32. The highest BCUT2D eigenvalue weighted by Gasteiger charge is 2.21. The minimum Gasteiger partial charge on any atom is -0.376 e.